The van der Waals surface area contributed by atoms with Gasteiger partial charge >= 0.3 is 6.03 Å². The lowest BCUT2D eigenvalue weighted by atomic mass is 10.1. The van der Waals surface area contributed by atoms with Gasteiger partial charge in [-0.1, -0.05) is 33.6 Å². The smallest absolute Gasteiger partial charge is 0.335 e. The summed E-state index contributed by atoms with van der Waals surface area (Å²) >= 11 is 3.39. The molecule has 1 fully saturated rings. The maximum atomic E-state index is 12.9. The Morgan fingerprint density at radius 2 is 1.61 bits per heavy atom. The number of halogens is 1. The third kappa shape index (κ3) is 3.63. The second kappa shape index (κ2) is 7.85. The van der Waals surface area contributed by atoms with E-state index in [9.17, 15) is 14.4 Å². The Labute approximate surface area is 170 Å². The number of nitrogens with zero attached hydrogens (tertiary/aromatic N) is 1. The normalized spacial score (nSPS) is 15.6. The topological polar surface area (TPSA) is 84.9 Å². The van der Waals surface area contributed by atoms with Crippen molar-refractivity contribution in [1.29, 1.82) is 0 Å². The van der Waals surface area contributed by atoms with Gasteiger partial charge in [0.05, 0.1) is 19.9 Å². The van der Waals surface area contributed by atoms with Crippen LogP contribution in [0, 0.1) is 6.92 Å². The molecule has 1 aliphatic heterocycles. The first-order valence-corrected chi connectivity index (χ1v) is 9.04. The molecule has 2 aromatic rings. The lowest BCUT2D eigenvalue weighted by molar-refractivity contribution is -0.122. The summed E-state index contributed by atoms with van der Waals surface area (Å²) in [6.07, 6.45) is 1.40. The number of nitrogens with one attached hydrogen (secondary N) is 1. The zero-order valence-electron chi connectivity index (χ0n) is 15.4. The van der Waals surface area contributed by atoms with Crippen LogP contribution < -0.4 is 19.7 Å². The lowest BCUT2D eigenvalue weighted by Crippen LogP contribution is -2.54. The number of hydrogen-bond acceptors (Lipinski definition) is 5. The minimum atomic E-state index is -0.789. The molecule has 1 saturated heterocycles. The maximum Gasteiger partial charge on any atom is 0.335 e. The van der Waals surface area contributed by atoms with Gasteiger partial charge in [-0.05, 0) is 42.8 Å². The molecule has 28 heavy (non-hydrogen) atoms. The Kier molecular flexibility index (Phi) is 5.51. The van der Waals surface area contributed by atoms with Crippen LogP contribution in [0.1, 0.15) is 11.1 Å². The quantitative estimate of drug-likeness (QED) is 0.576. The number of barbiturate groups is 1. The third-order valence-corrected chi connectivity index (χ3v) is 4.88. The van der Waals surface area contributed by atoms with Gasteiger partial charge in [0, 0.05) is 4.47 Å². The van der Waals surface area contributed by atoms with Crippen molar-refractivity contribution in [3.63, 3.8) is 0 Å². The molecule has 0 saturated carbocycles. The number of rotatable bonds is 4. The zero-order valence-corrected chi connectivity index (χ0v) is 17.0. The number of amides is 4. The molecule has 0 aromatic heterocycles. The Balaban J connectivity index is 2.05. The summed E-state index contributed by atoms with van der Waals surface area (Å²) < 4.78 is 11.1. The van der Waals surface area contributed by atoms with Crippen LogP contribution in [-0.2, 0) is 9.59 Å². The highest BCUT2D eigenvalue weighted by molar-refractivity contribution is 9.10. The van der Waals surface area contributed by atoms with E-state index in [2.05, 4.69) is 21.2 Å². The monoisotopic (exact) mass is 444 g/mol. The van der Waals surface area contributed by atoms with Crippen molar-refractivity contribution in [1.82, 2.24) is 5.32 Å². The molecule has 0 unspecified atom stereocenters. The van der Waals surface area contributed by atoms with Crippen molar-refractivity contribution in [3.8, 4) is 11.5 Å². The largest absolute Gasteiger partial charge is 0.493 e. The number of methoxy groups -OCH3 is 2. The van der Waals surface area contributed by atoms with Crippen LogP contribution in [0.25, 0.3) is 6.08 Å². The second-order valence-corrected chi connectivity index (χ2v) is 6.88. The number of hydrogen-bond donors (Lipinski definition) is 1. The highest BCUT2D eigenvalue weighted by Crippen LogP contribution is 2.35. The van der Waals surface area contributed by atoms with Crippen LogP contribution in [0.3, 0.4) is 0 Å². The second-order valence-electron chi connectivity index (χ2n) is 6.02. The summed E-state index contributed by atoms with van der Waals surface area (Å²) in [7, 11) is 2.99. The molecule has 3 rings (SSSR count). The molecule has 0 spiro atoms. The number of anilines is 1. The molecule has 2 aromatic carbocycles. The van der Waals surface area contributed by atoms with E-state index in [0.29, 0.717) is 27.2 Å². The van der Waals surface area contributed by atoms with E-state index < -0.39 is 17.8 Å². The van der Waals surface area contributed by atoms with Crippen molar-refractivity contribution in [3.05, 3.63) is 57.6 Å². The van der Waals surface area contributed by atoms with E-state index in [1.165, 1.54) is 20.3 Å². The summed E-state index contributed by atoms with van der Waals surface area (Å²) in [5.74, 6) is -0.542. The molecule has 144 valence electrons. The van der Waals surface area contributed by atoms with Crippen molar-refractivity contribution in [2.45, 2.75) is 6.92 Å². The van der Waals surface area contributed by atoms with Crippen molar-refractivity contribution in [2.24, 2.45) is 0 Å². The summed E-state index contributed by atoms with van der Waals surface area (Å²) in [6.45, 7) is 1.89. The van der Waals surface area contributed by atoms with Gasteiger partial charge in [0.25, 0.3) is 11.8 Å². The molecular weight excluding hydrogens is 428 g/mol. The van der Waals surface area contributed by atoms with Crippen LogP contribution in [0.5, 0.6) is 11.5 Å². The highest BCUT2D eigenvalue weighted by atomic mass is 79.9. The van der Waals surface area contributed by atoms with Gasteiger partial charge in [0.1, 0.15) is 5.57 Å². The van der Waals surface area contributed by atoms with E-state index in [1.807, 2.05) is 6.92 Å². The van der Waals surface area contributed by atoms with Crippen molar-refractivity contribution < 1.29 is 23.9 Å². The zero-order chi connectivity index (χ0) is 20.4. The van der Waals surface area contributed by atoms with E-state index >= 15 is 0 Å². The fraction of sp³-hybridized carbons (Fsp3) is 0.150. The average molecular weight is 445 g/mol. The summed E-state index contributed by atoms with van der Waals surface area (Å²) in [6, 6.07) is 9.35. The van der Waals surface area contributed by atoms with Crippen LogP contribution >= 0.6 is 15.9 Å². The Morgan fingerprint density at radius 1 is 1.00 bits per heavy atom. The molecule has 7 nitrogen and oxygen atoms in total. The number of ether oxygens (including phenoxy) is 2. The lowest BCUT2D eigenvalue weighted by Gasteiger charge is -2.26. The molecule has 1 aliphatic rings. The first-order valence-electron chi connectivity index (χ1n) is 8.25. The van der Waals surface area contributed by atoms with Crippen LogP contribution in [0.4, 0.5) is 10.5 Å². The molecule has 1 N–H and O–H groups in total. The molecule has 8 heteroatoms. The standard InChI is InChI=1S/C20H17BrN2O5/c1-11-4-6-13(7-5-11)23-19(25)14(18(24)22-20(23)26)8-12-9-16(27-2)17(28-3)10-15(12)21/h4-10H,1-3H3,(H,22,24,26). The van der Waals surface area contributed by atoms with E-state index in [1.54, 1.807) is 36.4 Å². The van der Waals surface area contributed by atoms with E-state index in [-0.39, 0.29) is 5.57 Å². The van der Waals surface area contributed by atoms with Crippen molar-refractivity contribution in [2.75, 3.05) is 19.1 Å². The molecule has 0 atom stereocenters. The minimum Gasteiger partial charge on any atom is -0.493 e. The summed E-state index contributed by atoms with van der Waals surface area (Å²) in [5, 5.41) is 2.20. The number of benzene rings is 2. The Morgan fingerprint density at radius 3 is 2.21 bits per heavy atom. The third-order valence-electron chi connectivity index (χ3n) is 4.20. The van der Waals surface area contributed by atoms with Gasteiger partial charge in [-0.3, -0.25) is 14.9 Å². The van der Waals surface area contributed by atoms with Gasteiger partial charge in [0.2, 0.25) is 0 Å². The Bertz CT molecular complexity index is 998. The number of imide groups is 2. The predicted octanol–water partition coefficient (Wildman–Crippen LogP) is 3.44. The molecule has 0 bridgehead atoms. The molecule has 0 aliphatic carbocycles. The summed E-state index contributed by atoms with van der Waals surface area (Å²) in [5.41, 5.74) is 1.70. The molecule has 4 amide bonds. The number of carbonyl (C=O) groups is 3. The molecule has 0 radical (unpaired) electrons. The van der Waals surface area contributed by atoms with Gasteiger partial charge < -0.3 is 9.47 Å². The first-order chi connectivity index (χ1) is 13.3. The maximum absolute atomic E-state index is 12.9. The fourth-order valence-electron chi connectivity index (χ4n) is 2.72. The predicted molar refractivity (Wildman–Crippen MR) is 107 cm³/mol. The average Bonchev–Trinajstić information content (AvgIpc) is 2.67. The number of carbonyl (C=O) groups excluding carboxylic acids is 3. The van der Waals surface area contributed by atoms with Crippen molar-refractivity contribution >= 4 is 45.5 Å². The molecular formula is C20H17BrN2O5. The fourth-order valence-corrected chi connectivity index (χ4v) is 3.16. The van der Waals surface area contributed by atoms with Gasteiger partial charge in [-0.2, -0.15) is 0 Å². The SMILES string of the molecule is COc1cc(Br)c(C=C2C(=O)NC(=O)N(c3ccc(C)cc3)C2=O)cc1OC. The van der Waals surface area contributed by atoms with Gasteiger partial charge in [-0.25, -0.2) is 9.69 Å². The highest BCUT2D eigenvalue weighted by Gasteiger charge is 2.36. The number of urea groups is 1. The summed E-state index contributed by atoms with van der Waals surface area (Å²) in [4.78, 5) is 38.4. The van der Waals surface area contributed by atoms with Crippen LogP contribution in [-0.4, -0.2) is 32.1 Å². The minimum absolute atomic E-state index is 0.173. The molecule has 1 heterocycles. The van der Waals surface area contributed by atoms with Gasteiger partial charge in [0.15, 0.2) is 11.5 Å². The van der Waals surface area contributed by atoms with E-state index in [4.69, 9.17) is 9.47 Å². The van der Waals surface area contributed by atoms with Gasteiger partial charge in [-0.15, -0.1) is 0 Å². The Hall–Kier alpha value is -3.13. The van der Waals surface area contributed by atoms with Crippen LogP contribution in [0.15, 0.2) is 46.4 Å². The number of aryl methyl sites for hydroxylation is 1. The van der Waals surface area contributed by atoms with Crippen LogP contribution in [0.2, 0.25) is 0 Å². The first kappa shape index (κ1) is 19.6. The van der Waals surface area contributed by atoms with E-state index in [0.717, 1.165) is 10.5 Å².